The molecule has 0 atom stereocenters. The lowest BCUT2D eigenvalue weighted by molar-refractivity contribution is -0.123. The minimum absolute atomic E-state index is 0.0535. The highest BCUT2D eigenvalue weighted by atomic mass is 35.5. The molecule has 5 nitrogen and oxygen atoms in total. The highest BCUT2D eigenvalue weighted by Gasteiger charge is 2.18. The smallest absolute Gasteiger partial charge is 0.238 e. The number of nitrogens with zero attached hydrogens (tertiary/aromatic N) is 1. The summed E-state index contributed by atoms with van der Waals surface area (Å²) in [5.41, 5.74) is 0.371. The molecule has 0 aliphatic carbocycles. The van der Waals surface area contributed by atoms with Gasteiger partial charge < -0.3 is 10.6 Å². The Balaban J connectivity index is 1.90. The molecule has 0 radical (unpaired) electrons. The number of carbonyl (C=O) groups excluding carboxylic acids is 2. The van der Waals surface area contributed by atoms with Gasteiger partial charge in [0.15, 0.2) is 17.5 Å². The van der Waals surface area contributed by atoms with E-state index in [9.17, 15) is 22.8 Å². The van der Waals surface area contributed by atoms with Crippen LogP contribution in [0.25, 0.3) is 0 Å². The van der Waals surface area contributed by atoms with Crippen LogP contribution in [0.1, 0.15) is 18.9 Å². The number of hydrogen-bond donors (Lipinski definition) is 2. The molecule has 0 heterocycles. The fraction of sp³-hybridized carbons (Fsp3) is 0.300. The van der Waals surface area contributed by atoms with E-state index >= 15 is 0 Å². The largest absolute Gasteiger partial charge is 0.351 e. The zero-order valence-corrected chi connectivity index (χ0v) is 16.5. The quantitative estimate of drug-likeness (QED) is 0.599. The van der Waals surface area contributed by atoms with Crippen LogP contribution in [0.2, 0.25) is 5.02 Å². The first-order valence-corrected chi connectivity index (χ1v) is 9.34. The van der Waals surface area contributed by atoms with Crippen LogP contribution in [0, 0.1) is 17.5 Å². The molecule has 2 aromatic carbocycles. The molecular formula is C20H21ClF3N3O2. The van der Waals surface area contributed by atoms with Crippen LogP contribution in [0.15, 0.2) is 36.4 Å². The van der Waals surface area contributed by atoms with Crippen molar-refractivity contribution in [2.45, 2.75) is 19.9 Å². The summed E-state index contributed by atoms with van der Waals surface area (Å²) < 4.78 is 39.9. The third kappa shape index (κ3) is 7.07. The monoisotopic (exact) mass is 427 g/mol. The predicted octanol–water partition coefficient (Wildman–Crippen LogP) is 3.72. The summed E-state index contributed by atoms with van der Waals surface area (Å²) in [5, 5.41) is 5.50. The molecule has 2 amide bonds. The maximum Gasteiger partial charge on any atom is 0.238 e. The highest BCUT2D eigenvalue weighted by molar-refractivity contribution is 6.30. The second kappa shape index (κ2) is 10.8. The van der Waals surface area contributed by atoms with E-state index in [-0.39, 0.29) is 25.5 Å². The fourth-order valence-corrected chi connectivity index (χ4v) is 2.86. The average Bonchev–Trinajstić information content (AvgIpc) is 2.67. The van der Waals surface area contributed by atoms with Crippen molar-refractivity contribution < 1.29 is 22.8 Å². The molecule has 156 valence electrons. The van der Waals surface area contributed by atoms with Gasteiger partial charge in [0.25, 0.3) is 0 Å². The summed E-state index contributed by atoms with van der Waals surface area (Å²) in [6.07, 6.45) is 0.675. The van der Waals surface area contributed by atoms with Gasteiger partial charge in [0.1, 0.15) is 0 Å². The summed E-state index contributed by atoms with van der Waals surface area (Å²) in [5.74, 6) is -5.42. The molecule has 0 unspecified atom stereocenters. The Labute approximate surface area is 171 Å². The van der Waals surface area contributed by atoms with Crippen molar-refractivity contribution in [3.05, 3.63) is 64.4 Å². The fourth-order valence-electron chi connectivity index (χ4n) is 2.65. The molecule has 29 heavy (non-hydrogen) atoms. The van der Waals surface area contributed by atoms with Gasteiger partial charge in [-0.3, -0.25) is 14.5 Å². The van der Waals surface area contributed by atoms with Crippen molar-refractivity contribution in [1.29, 1.82) is 0 Å². The number of benzene rings is 2. The number of amides is 2. The van der Waals surface area contributed by atoms with E-state index in [0.29, 0.717) is 18.0 Å². The average molecular weight is 428 g/mol. The number of halogens is 4. The van der Waals surface area contributed by atoms with Crippen LogP contribution < -0.4 is 10.6 Å². The number of carbonyl (C=O) groups is 2. The zero-order valence-electron chi connectivity index (χ0n) is 15.8. The van der Waals surface area contributed by atoms with Crippen LogP contribution in [0.5, 0.6) is 0 Å². The summed E-state index contributed by atoms with van der Waals surface area (Å²) in [6.45, 7) is 2.34. The molecular weight excluding hydrogens is 407 g/mol. The third-order valence-corrected chi connectivity index (χ3v) is 4.20. The summed E-state index contributed by atoms with van der Waals surface area (Å²) in [7, 11) is 0. The second-order valence-corrected chi connectivity index (χ2v) is 6.82. The van der Waals surface area contributed by atoms with Gasteiger partial charge in [0.2, 0.25) is 11.8 Å². The molecule has 0 saturated heterocycles. The van der Waals surface area contributed by atoms with Crippen LogP contribution in [-0.4, -0.2) is 36.3 Å². The maximum atomic E-state index is 13.7. The van der Waals surface area contributed by atoms with E-state index in [1.165, 1.54) is 0 Å². The molecule has 2 N–H and O–H groups in total. The topological polar surface area (TPSA) is 61.4 Å². The van der Waals surface area contributed by atoms with Gasteiger partial charge in [0, 0.05) is 11.6 Å². The number of nitrogens with one attached hydrogen (secondary N) is 2. The summed E-state index contributed by atoms with van der Waals surface area (Å²) in [4.78, 5) is 25.9. The van der Waals surface area contributed by atoms with Gasteiger partial charge in [-0.05, 0) is 42.8 Å². The minimum Gasteiger partial charge on any atom is -0.351 e. The summed E-state index contributed by atoms with van der Waals surface area (Å²) in [6, 6.07) is 8.71. The normalized spacial score (nSPS) is 10.8. The van der Waals surface area contributed by atoms with E-state index in [2.05, 4.69) is 10.6 Å². The molecule has 0 aliphatic rings. The van der Waals surface area contributed by atoms with E-state index in [1.54, 1.807) is 23.1 Å². The Morgan fingerprint density at radius 2 is 1.76 bits per heavy atom. The first kappa shape index (κ1) is 22.7. The standard InChI is InChI=1S/C20H21ClF3N3O2/c1-2-8-27(11-17(28)25-10-13-4-3-5-14(21)9-13)12-18(29)26-16-7-6-15(22)19(23)20(16)24/h3-7,9H,2,8,10-12H2,1H3,(H,25,28)(H,26,29). The van der Waals surface area contributed by atoms with E-state index < -0.39 is 29.0 Å². The van der Waals surface area contributed by atoms with Gasteiger partial charge in [-0.15, -0.1) is 0 Å². The molecule has 2 aromatic rings. The van der Waals surface area contributed by atoms with Crippen molar-refractivity contribution in [1.82, 2.24) is 10.2 Å². The van der Waals surface area contributed by atoms with Gasteiger partial charge >= 0.3 is 0 Å². The molecule has 0 aromatic heterocycles. The minimum atomic E-state index is -1.66. The van der Waals surface area contributed by atoms with Gasteiger partial charge in [-0.2, -0.15) is 0 Å². The van der Waals surface area contributed by atoms with E-state index in [4.69, 9.17) is 11.6 Å². The van der Waals surface area contributed by atoms with Crippen molar-refractivity contribution in [3.63, 3.8) is 0 Å². The van der Waals surface area contributed by atoms with Crippen LogP contribution >= 0.6 is 11.6 Å². The van der Waals surface area contributed by atoms with Crippen LogP contribution in [0.4, 0.5) is 18.9 Å². The van der Waals surface area contributed by atoms with E-state index in [0.717, 1.165) is 17.7 Å². The lowest BCUT2D eigenvalue weighted by atomic mass is 10.2. The Morgan fingerprint density at radius 1 is 1.03 bits per heavy atom. The molecule has 9 heteroatoms. The molecule has 2 rings (SSSR count). The SMILES string of the molecule is CCCN(CC(=O)NCc1cccc(Cl)c1)CC(=O)Nc1ccc(F)c(F)c1F. The molecule has 0 fully saturated rings. The Kier molecular flexibility index (Phi) is 8.48. The number of hydrogen-bond acceptors (Lipinski definition) is 3. The van der Waals surface area contributed by atoms with Crippen molar-refractivity contribution in [3.8, 4) is 0 Å². The maximum absolute atomic E-state index is 13.7. The third-order valence-electron chi connectivity index (χ3n) is 3.96. The Bertz CT molecular complexity index is 880. The first-order valence-electron chi connectivity index (χ1n) is 8.97. The lowest BCUT2D eigenvalue weighted by Gasteiger charge is -2.20. The second-order valence-electron chi connectivity index (χ2n) is 6.39. The van der Waals surface area contributed by atoms with Crippen molar-refractivity contribution in [2.24, 2.45) is 0 Å². The van der Waals surface area contributed by atoms with Crippen LogP contribution in [-0.2, 0) is 16.1 Å². The van der Waals surface area contributed by atoms with E-state index in [1.807, 2.05) is 13.0 Å². The van der Waals surface area contributed by atoms with Gasteiger partial charge in [-0.25, -0.2) is 13.2 Å². The number of anilines is 1. The molecule has 0 saturated carbocycles. The highest BCUT2D eigenvalue weighted by Crippen LogP contribution is 2.19. The van der Waals surface area contributed by atoms with Crippen molar-refractivity contribution >= 4 is 29.1 Å². The van der Waals surface area contributed by atoms with Crippen LogP contribution in [0.3, 0.4) is 0 Å². The first-order chi connectivity index (χ1) is 13.8. The molecule has 0 aliphatic heterocycles. The van der Waals surface area contributed by atoms with Gasteiger partial charge in [-0.1, -0.05) is 30.7 Å². The van der Waals surface area contributed by atoms with Crippen molar-refractivity contribution in [2.75, 3.05) is 25.0 Å². The summed E-state index contributed by atoms with van der Waals surface area (Å²) >= 11 is 5.90. The molecule has 0 bridgehead atoms. The zero-order chi connectivity index (χ0) is 21.4. The Hall–Kier alpha value is -2.58. The van der Waals surface area contributed by atoms with Gasteiger partial charge in [0.05, 0.1) is 18.8 Å². The lowest BCUT2D eigenvalue weighted by Crippen LogP contribution is -2.41. The predicted molar refractivity (Wildman–Crippen MR) is 105 cm³/mol. The Morgan fingerprint density at radius 3 is 2.45 bits per heavy atom. The molecule has 0 spiro atoms. The number of rotatable bonds is 9.